The molecule has 0 saturated heterocycles. The maximum atomic E-state index is 12.1. The van der Waals surface area contributed by atoms with Crippen molar-refractivity contribution in [1.29, 1.82) is 0 Å². The number of hydrogen-bond donors (Lipinski definition) is 0. The average molecular weight is 373 g/mol. The van der Waals surface area contributed by atoms with Gasteiger partial charge in [-0.1, -0.05) is 35.5 Å². The summed E-state index contributed by atoms with van der Waals surface area (Å²) in [5, 5.41) is 9.40. The lowest BCUT2D eigenvalue weighted by Gasteiger charge is -2.09. The van der Waals surface area contributed by atoms with Crippen LogP contribution in [0.3, 0.4) is 0 Å². The molecule has 6 nitrogen and oxygen atoms in total. The average Bonchev–Trinajstić information content (AvgIpc) is 3.17. The Hall–Kier alpha value is -3.29. The topological polar surface area (TPSA) is 63.5 Å². The molecule has 1 amide bonds. The molecule has 27 heavy (non-hydrogen) atoms. The molecule has 0 unspecified atom stereocenters. The van der Waals surface area contributed by atoms with E-state index in [0.717, 1.165) is 11.3 Å². The van der Waals surface area contributed by atoms with E-state index in [-0.39, 0.29) is 18.3 Å². The van der Waals surface area contributed by atoms with Gasteiger partial charge in [0.05, 0.1) is 18.5 Å². The third-order valence-corrected chi connectivity index (χ3v) is 3.77. The molecule has 1 heterocycles. The van der Waals surface area contributed by atoms with E-state index >= 15 is 0 Å². The van der Waals surface area contributed by atoms with Crippen LogP contribution in [0.5, 0.6) is 5.75 Å². The fraction of sp³-hybridized carbons (Fsp3) is 0.211. The van der Waals surface area contributed by atoms with E-state index in [1.807, 2.05) is 30.3 Å². The normalized spacial score (nSPS) is 13.9. The molecule has 3 rings (SSSR count). The van der Waals surface area contributed by atoms with Gasteiger partial charge in [-0.2, -0.15) is 13.9 Å². The number of oxime groups is 1. The number of carbonyl (C=O) groups excluding carboxylic acids is 1. The number of benzene rings is 2. The van der Waals surface area contributed by atoms with Gasteiger partial charge in [0.15, 0.2) is 6.61 Å². The van der Waals surface area contributed by atoms with Gasteiger partial charge in [0, 0.05) is 6.42 Å². The molecule has 0 fully saturated rings. The molecule has 0 atom stereocenters. The number of carbonyl (C=O) groups is 1. The van der Waals surface area contributed by atoms with Gasteiger partial charge in [-0.25, -0.2) is 5.01 Å². The molecule has 0 spiro atoms. The lowest BCUT2D eigenvalue weighted by Crippen LogP contribution is -2.26. The summed E-state index contributed by atoms with van der Waals surface area (Å²) < 4.78 is 28.4. The van der Waals surface area contributed by atoms with Crippen molar-refractivity contribution in [2.75, 3.05) is 13.2 Å². The Morgan fingerprint density at radius 2 is 1.93 bits per heavy atom. The summed E-state index contributed by atoms with van der Waals surface area (Å²) in [6.45, 7) is -2.61. The van der Waals surface area contributed by atoms with Gasteiger partial charge in [-0.05, 0) is 35.4 Å². The quantitative estimate of drug-likeness (QED) is 0.553. The van der Waals surface area contributed by atoms with E-state index < -0.39 is 6.61 Å². The fourth-order valence-electron chi connectivity index (χ4n) is 2.47. The molecule has 2 aromatic rings. The Morgan fingerprint density at radius 1 is 1.19 bits per heavy atom. The summed E-state index contributed by atoms with van der Waals surface area (Å²) in [5.74, 6) is -0.238. The minimum absolute atomic E-state index is 0.0550. The number of hydrazone groups is 1. The van der Waals surface area contributed by atoms with Crippen molar-refractivity contribution in [3.8, 4) is 5.75 Å². The Labute approximate surface area is 154 Å². The minimum Gasteiger partial charge on any atom is -0.435 e. The zero-order chi connectivity index (χ0) is 19.1. The first-order chi connectivity index (χ1) is 13.1. The van der Waals surface area contributed by atoms with E-state index in [1.54, 1.807) is 12.1 Å². The van der Waals surface area contributed by atoms with Gasteiger partial charge in [0.2, 0.25) is 0 Å². The highest BCUT2D eigenvalue weighted by atomic mass is 19.3. The highest BCUT2D eigenvalue weighted by Gasteiger charge is 2.21. The van der Waals surface area contributed by atoms with Gasteiger partial charge in [0.25, 0.3) is 5.91 Å². The zero-order valence-electron chi connectivity index (χ0n) is 14.3. The lowest BCUT2D eigenvalue weighted by atomic mass is 10.1. The van der Waals surface area contributed by atoms with Gasteiger partial charge in [-0.3, -0.25) is 4.79 Å². The Balaban J connectivity index is 1.47. The smallest absolute Gasteiger partial charge is 0.387 e. The summed E-state index contributed by atoms with van der Waals surface area (Å²) in [6, 6.07) is 15.5. The molecule has 140 valence electrons. The predicted octanol–water partition coefficient (Wildman–Crippen LogP) is 3.28. The van der Waals surface area contributed by atoms with E-state index in [1.165, 1.54) is 23.4 Å². The molecular weight excluding hydrogens is 356 g/mol. The monoisotopic (exact) mass is 373 g/mol. The number of alkyl halides is 2. The van der Waals surface area contributed by atoms with Gasteiger partial charge >= 0.3 is 6.61 Å². The second kappa shape index (κ2) is 8.88. The first-order valence-corrected chi connectivity index (χ1v) is 8.25. The zero-order valence-corrected chi connectivity index (χ0v) is 14.3. The largest absolute Gasteiger partial charge is 0.435 e. The molecule has 1 aliphatic rings. The molecule has 2 aromatic carbocycles. The van der Waals surface area contributed by atoms with Crippen LogP contribution in [0.2, 0.25) is 0 Å². The van der Waals surface area contributed by atoms with E-state index in [4.69, 9.17) is 4.84 Å². The van der Waals surface area contributed by atoms with Crippen LogP contribution in [-0.2, 0) is 9.63 Å². The number of ether oxygens (including phenoxy) is 1. The minimum atomic E-state index is -2.87. The molecule has 8 heteroatoms. The first-order valence-electron chi connectivity index (χ1n) is 8.25. The van der Waals surface area contributed by atoms with Crippen molar-refractivity contribution in [3.63, 3.8) is 0 Å². The molecule has 0 saturated carbocycles. The van der Waals surface area contributed by atoms with Crippen LogP contribution >= 0.6 is 0 Å². The molecule has 0 radical (unpaired) electrons. The van der Waals surface area contributed by atoms with Crippen LogP contribution in [0.1, 0.15) is 17.5 Å². The maximum absolute atomic E-state index is 12.1. The number of amides is 1. The van der Waals surface area contributed by atoms with Crippen LogP contribution in [-0.4, -0.2) is 42.6 Å². The Kier molecular flexibility index (Phi) is 6.09. The standard InChI is InChI=1S/C19H17F2N3O3/c20-19(21)27-16-8-6-14(7-9-16)12-22-26-13-18(25)24-11-10-17(23-24)15-4-2-1-3-5-15/h1-9,12,19H,10-11,13H2. The molecule has 1 aliphatic heterocycles. The van der Waals surface area contributed by atoms with Crippen LogP contribution in [0.15, 0.2) is 64.9 Å². The third-order valence-electron chi connectivity index (χ3n) is 3.77. The van der Waals surface area contributed by atoms with Gasteiger partial charge < -0.3 is 9.57 Å². The predicted molar refractivity (Wildman–Crippen MR) is 95.9 cm³/mol. The third kappa shape index (κ3) is 5.34. The van der Waals surface area contributed by atoms with Crippen LogP contribution in [0.25, 0.3) is 0 Å². The van der Waals surface area contributed by atoms with E-state index in [0.29, 0.717) is 18.5 Å². The molecule has 0 N–H and O–H groups in total. The SMILES string of the molecule is O=C(CON=Cc1ccc(OC(F)F)cc1)N1CCC(c2ccccc2)=N1. The Bertz CT molecular complexity index is 824. The van der Waals surface area contributed by atoms with Crippen molar-refractivity contribution < 1.29 is 23.1 Å². The van der Waals surface area contributed by atoms with Crippen molar-refractivity contribution in [2.45, 2.75) is 13.0 Å². The summed E-state index contributed by atoms with van der Waals surface area (Å²) in [6.07, 6.45) is 2.06. The Morgan fingerprint density at radius 3 is 2.63 bits per heavy atom. The van der Waals surface area contributed by atoms with Crippen molar-refractivity contribution in [3.05, 3.63) is 65.7 Å². The van der Waals surface area contributed by atoms with Crippen LogP contribution < -0.4 is 4.74 Å². The molecule has 0 bridgehead atoms. The van der Waals surface area contributed by atoms with E-state index in [9.17, 15) is 13.6 Å². The number of rotatable bonds is 7. The lowest BCUT2D eigenvalue weighted by molar-refractivity contribution is -0.135. The highest BCUT2D eigenvalue weighted by molar-refractivity contribution is 6.02. The fourth-order valence-corrected chi connectivity index (χ4v) is 2.47. The van der Waals surface area contributed by atoms with Crippen molar-refractivity contribution in [2.24, 2.45) is 10.3 Å². The second-order valence-corrected chi connectivity index (χ2v) is 5.64. The van der Waals surface area contributed by atoms with E-state index in [2.05, 4.69) is 15.0 Å². The van der Waals surface area contributed by atoms with Crippen molar-refractivity contribution >= 4 is 17.8 Å². The van der Waals surface area contributed by atoms with Gasteiger partial charge in [0.1, 0.15) is 5.75 Å². The summed E-state index contributed by atoms with van der Waals surface area (Å²) in [4.78, 5) is 17.1. The van der Waals surface area contributed by atoms with Gasteiger partial charge in [-0.15, -0.1) is 0 Å². The maximum Gasteiger partial charge on any atom is 0.387 e. The highest BCUT2D eigenvalue weighted by Crippen LogP contribution is 2.15. The van der Waals surface area contributed by atoms with Crippen molar-refractivity contribution in [1.82, 2.24) is 5.01 Å². The second-order valence-electron chi connectivity index (χ2n) is 5.64. The van der Waals surface area contributed by atoms with Crippen LogP contribution in [0.4, 0.5) is 8.78 Å². The summed E-state index contributed by atoms with van der Waals surface area (Å²) in [7, 11) is 0. The molecule has 0 aliphatic carbocycles. The number of halogens is 2. The summed E-state index contributed by atoms with van der Waals surface area (Å²) in [5.41, 5.74) is 2.47. The first kappa shape index (κ1) is 18.5. The molecule has 0 aromatic heterocycles. The summed E-state index contributed by atoms with van der Waals surface area (Å²) >= 11 is 0. The number of hydrogen-bond acceptors (Lipinski definition) is 5. The molecular formula is C19H17F2N3O3. The van der Waals surface area contributed by atoms with Crippen LogP contribution in [0, 0.1) is 0 Å². The number of nitrogens with zero attached hydrogens (tertiary/aromatic N) is 3.